The first-order valence-electron chi connectivity index (χ1n) is 13.4. The van der Waals surface area contributed by atoms with Crippen molar-refractivity contribution in [3.63, 3.8) is 0 Å². The maximum atomic E-state index is 13.2. The van der Waals surface area contributed by atoms with E-state index in [2.05, 4.69) is 31.3 Å². The van der Waals surface area contributed by atoms with E-state index in [-0.39, 0.29) is 27.6 Å². The lowest BCUT2D eigenvalue weighted by Crippen LogP contribution is -2.32. The summed E-state index contributed by atoms with van der Waals surface area (Å²) in [6, 6.07) is 28.6. The third-order valence-corrected chi connectivity index (χ3v) is 7.68. The molecule has 8 nitrogen and oxygen atoms in total. The van der Waals surface area contributed by atoms with Gasteiger partial charge < -0.3 is 19.5 Å². The van der Waals surface area contributed by atoms with Gasteiger partial charge in [0.15, 0.2) is 0 Å². The lowest BCUT2D eigenvalue weighted by molar-refractivity contribution is -0.120. The van der Waals surface area contributed by atoms with Crippen LogP contribution in [0.4, 0.5) is 11.4 Å². The zero-order valence-electron chi connectivity index (χ0n) is 24.0. The molecule has 1 aliphatic rings. The summed E-state index contributed by atoms with van der Waals surface area (Å²) in [4.78, 5) is 39.9. The van der Waals surface area contributed by atoms with E-state index in [1.165, 1.54) is 19.8 Å². The smallest absolute Gasteiger partial charge is 0.343 e. The van der Waals surface area contributed by atoms with Crippen molar-refractivity contribution in [3.05, 3.63) is 124 Å². The Bertz CT molecular complexity index is 1710. The molecule has 0 spiro atoms. The van der Waals surface area contributed by atoms with Crippen molar-refractivity contribution in [3.8, 4) is 17.2 Å². The molecule has 0 unspecified atom stereocenters. The summed E-state index contributed by atoms with van der Waals surface area (Å²) in [5, 5.41) is 2.63. The first-order chi connectivity index (χ1) is 20.6. The third kappa shape index (κ3) is 5.82. The molecular formula is C34H29ClN2O6. The first kappa shape index (κ1) is 29.4. The number of imide groups is 1. The molecule has 1 aliphatic heterocycles. The number of ether oxygens (including phenoxy) is 3. The lowest BCUT2D eigenvalue weighted by atomic mass is 9.78. The van der Waals surface area contributed by atoms with Gasteiger partial charge in [-0.2, -0.15) is 0 Å². The highest BCUT2D eigenvalue weighted by Crippen LogP contribution is 2.38. The van der Waals surface area contributed by atoms with Crippen LogP contribution < -0.4 is 24.4 Å². The molecule has 0 aliphatic carbocycles. The molecule has 4 aromatic rings. The van der Waals surface area contributed by atoms with E-state index in [1.54, 1.807) is 54.6 Å². The number of benzene rings is 4. The highest BCUT2D eigenvalue weighted by molar-refractivity contribution is 6.53. The van der Waals surface area contributed by atoms with Gasteiger partial charge in [0.05, 0.1) is 25.5 Å². The summed E-state index contributed by atoms with van der Waals surface area (Å²) in [7, 11) is 2.92. The van der Waals surface area contributed by atoms with Gasteiger partial charge in [-0.15, -0.1) is 0 Å². The molecule has 0 atom stereocenters. The normalized spacial score (nSPS) is 13.3. The highest BCUT2D eigenvalue weighted by atomic mass is 35.5. The number of carbonyl (C=O) groups excluding carboxylic acids is 3. The van der Waals surface area contributed by atoms with Crippen LogP contribution in [-0.2, 0) is 15.0 Å². The predicted molar refractivity (Wildman–Crippen MR) is 165 cm³/mol. The Morgan fingerprint density at radius 3 is 2.02 bits per heavy atom. The second kappa shape index (κ2) is 12.0. The molecule has 218 valence electrons. The van der Waals surface area contributed by atoms with Gasteiger partial charge in [0.25, 0.3) is 11.8 Å². The molecule has 0 aromatic heterocycles. The zero-order chi connectivity index (χ0) is 30.7. The van der Waals surface area contributed by atoms with Gasteiger partial charge in [0.2, 0.25) is 0 Å². The maximum Gasteiger partial charge on any atom is 0.343 e. The van der Waals surface area contributed by atoms with Gasteiger partial charge in [-0.05, 0) is 59.7 Å². The fourth-order valence-electron chi connectivity index (χ4n) is 4.76. The molecule has 0 saturated carbocycles. The average molecular weight is 597 g/mol. The van der Waals surface area contributed by atoms with Crippen LogP contribution in [0, 0.1) is 0 Å². The van der Waals surface area contributed by atoms with Crippen molar-refractivity contribution in [2.75, 3.05) is 24.4 Å². The van der Waals surface area contributed by atoms with Gasteiger partial charge in [-0.1, -0.05) is 67.9 Å². The Kier molecular flexibility index (Phi) is 8.23. The monoisotopic (exact) mass is 596 g/mol. The van der Waals surface area contributed by atoms with Crippen molar-refractivity contribution in [1.29, 1.82) is 0 Å². The third-order valence-electron chi connectivity index (χ3n) is 7.33. The van der Waals surface area contributed by atoms with Gasteiger partial charge >= 0.3 is 5.97 Å². The summed E-state index contributed by atoms with van der Waals surface area (Å²) >= 11 is 6.28. The molecule has 9 heteroatoms. The van der Waals surface area contributed by atoms with Crippen LogP contribution >= 0.6 is 11.6 Å². The molecule has 5 rings (SSSR count). The number of esters is 1. The van der Waals surface area contributed by atoms with Crippen LogP contribution in [0.2, 0.25) is 0 Å². The topological polar surface area (TPSA) is 94.2 Å². The van der Waals surface area contributed by atoms with E-state index in [1.807, 2.05) is 30.3 Å². The maximum absolute atomic E-state index is 13.2. The number of methoxy groups -OCH3 is 2. The summed E-state index contributed by atoms with van der Waals surface area (Å²) in [5.41, 5.74) is 2.93. The van der Waals surface area contributed by atoms with Gasteiger partial charge in [0.1, 0.15) is 28.0 Å². The molecule has 0 bridgehead atoms. The molecule has 0 fully saturated rings. The van der Waals surface area contributed by atoms with Crippen molar-refractivity contribution in [2.45, 2.75) is 19.3 Å². The van der Waals surface area contributed by atoms with Gasteiger partial charge in [-0.3, -0.25) is 9.59 Å². The van der Waals surface area contributed by atoms with E-state index in [4.69, 9.17) is 25.8 Å². The van der Waals surface area contributed by atoms with Crippen LogP contribution in [0.5, 0.6) is 17.2 Å². The number of amides is 2. The van der Waals surface area contributed by atoms with Crippen LogP contribution in [0.15, 0.2) is 108 Å². The minimum atomic E-state index is -0.698. The quantitative estimate of drug-likeness (QED) is 0.131. The van der Waals surface area contributed by atoms with E-state index in [0.29, 0.717) is 22.7 Å². The molecule has 2 amide bonds. The standard InChI is InChI=1S/C34H29ClN2O6/c1-34(2,22-8-6-5-7-9-22)23-12-16-25(17-13-23)43-33(40)21-10-14-24(15-11-21)36-30-29(35)31(38)37(32(30)39)27-19-18-26(41-3)20-28(27)42-4/h5-20,36H,1-4H3. The summed E-state index contributed by atoms with van der Waals surface area (Å²) in [6.45, 7) is 4.29. The number of halogens is 1. The number of hydrogen-bond acceptors (Lipinski definition) is 7. The number of nitrogens with zero attached hydrogens (tertiary/aromatic N) is 1. The van der Waals surface area contributed by atoms with Gasteiger partial charge in [-0.25, -0.2) is 9.69 Å². The predicted octanol–water partition coefficient (Wildman–Crippen LogP) is 6.68. The minimum absolute atomic E-state index is 0.0987. The Morgan fingerprint density at radius 1 is 0.767 bits per heavy atom. The summed E-state index contributed by atoms with van der Waals surface area (Å²) in [6.07, 6.45) is 0. The number of anilines is 2. The van der Waals surface area contributed by atoms with Crippen LogP contribution in [0.3, 0.4) is 0 Å². The number of nitrogens with one attached hydrogen (secondary N) is 1. The van der Waals surface area contributed by atoms with Crippen molar-refractivity contribution in [1.82, 2.24) is 0 Å². The molecule has 4 aromatic carbocycles. The number of hydrogen-bond donors (Lipinski definition) is 1. The Morgan fingerprint density at radius 2 is 1.40 bits per heavy atom. The molecule has 1 N–H and O–H groups in total. The fraction of sp³-hybridized carbons (Fsp3) is 0.147. The SMILES string of the molecule is COc1ccc(N2C(=O)C(Cl)=C(Nc3ccc(C(=O)Oc4ccc(C(C)(C)c5ccccc5)cc4)cc3)C2=O)c(OC)c1. The molecule has 1 heterocycles. The van der Waals surface area contributed by atoms with Crippen molar-refractivity contribution in [2.24, 2.45) is 0 Å². The van der Waals surface area contributed by atoms with E-state index in [9.17, 15) is 14.4 Å². The van der Waals surface area contributed by atoms with Crippen molar-refractivity contribution >= 4 is 40.8 Å². The zero-order valence-corrected chi connectivity index (χ0v) is 24.8. The largest absolute Gasteiger partial charge is 0.497 e. The highest BCUT2D eigenvalue weighted by Gasteiger charge is 2.40. The fourth-order valence-corrected chi connectivity index (χ4v) is 4.97. The average Bonchev–Trinajstić information content (AvgIpc) is 3.24. The minimum Gasteiger partial charge on any atom is -0.497 e. The summed E-state index contributed by atoms with van der Waals surface area (Å²) < 4.78 is 16.1. The number of rotatable bonds is 9. The molecule has 43 heavy (non-hydrogen) atoms. The number of carbonyl (C=O) groups is 3. The van der Waals surface area contributed by atoms with E-state index in [0.717, 1.165) is 10.5 Å². The van der Waals surface area contributed by atoms with E-state index < -0.39 is 17.8 Å². The van der Waals surface area contributed by atoms with E-state index >= 15 is 0 Å². The van der Waals surface area contributed by atoms with Crippen LogP contribution in [0.25, 0.3) is 0 Å². The van der Waals surface area contributed by atoms with Crippen LogP contribution in [-0.4, -0.2) is 32.0 Å². The molecular weight excluding hydrogens is 568 g/mol. The Hall–Kier alpha value is -5.08. The van der Waals surface area contributed by atoms with Gasteiger partial charge in [0, 0.05) is 17.2 Å². The lowest BCUT2D eigenvalue weighted by Gasteiger charge is -2.26. The van der Waals surface area contributed by atoms with Crippen molar-refractivity contribution < 1.29 is 28.6 Å². The second-order valence-electron chi connectivity index (χ2n) is 10.3. The second-order valence-corrected chi connectivity index (χ2v) is 10.7. The molecule has 0 saturated heterocycles. The molecule has 0 radical (unpaired) electrons. The summed E-state index contributed by atoms with van der Waals surface area (Å²) in [5.74, 6) is -0.703. The first-order valence-corrected chi connectivity index (χ1v) is 13.8. The Labute approximate surface area is 254 Å². The Balaban J connectivity index is 1.26. The van der Waals surface area contributed by atoms with Crippen LogP contribution in [0.1, 0.15) is 35.3 Å².